The fourth-order valence-corrected chi connectivity index (χ4v) is 6.61. The smallest absolute Gasteiger partial charge is 0.262 e. The molecule has 3 heterocycles. The van der Waals surface area contributed by atoms with Crippen molar-refractivity contribution in [2.24, 2.45) is 17.8 Å². The van der Waals surface area contributed by atoms with Crippen LogP contribution in [-0.4, -0.2) is 63.8 Å². The Bertz CT molecular complexity index is 1170. The van der Waals surface area contributed by atoms with E-state index < -0.39 is 44.4 Å². The maximum absolute atomic E-state index is 14.0. The van der Waals surface area contributed by atoms with Crippen molar-refractivity contribution in [1.82, 2.24) is 19.2 Å². The van der Waals surface area contributed by atoms with Crippen LogP contribution in [0.3, 0.4) is 0 Å². The zero-order valence-electron chi connectivity index (χ0n) is 17.4. The van der Waals surface area contributed by atoms with Gasteiger partial charge in [-0.25, -0.2) is 27.2 Å². The number of nitrogens with zero attached hydrogens (tertiary/aromatic N) is 4. The van der Waals surface area contributed by atoms with Crippen LogP contribution in [0.25, 0.3) is 0 Å². The average molecular weight is 563 g/mol. The van der Waals surface area contributed by atoms with Crippen molar-refractivity contribution in [1.29, 1.82) is 0 Å². The van der Waals surface area contributed by atoms with Gasteiger partial charge in [-0.1, -0.05) is 17.8 Å². The van der Waals surface area contributed by atoms with Gasteiger partial charge in [-0.2, -0.15) is 4.31 Å². The van der Waals surface area contributed by atoms with Crippen molar-refractivity contribution in [2.45, 2.75) is 35.3 Å². The van der Waals surface area contributed by atoms with E-state index in [-0.39, 0.29) is 24.2 Å². The van der Waals surface area contributed by atoms with Crippen molar-refractivity contribution in [2.75, 3.05) is 13.1 Å². The zero-order chi connectivity index (χ0) is 23.9. The second-order valence-electron chi connectivity index (χ2n) is 7.71. The number of halogens is 3. The molecule has 2 aromatic rings. The van der Waals surface area contributed by atoms with E-state index in [1.165, 1.54) is 16.6 Å². The molecule has 1 aromatic heterocycles. The predicted octanol–water partition coefficient (Wildman–Crippen LogP) is 1.84. The maximum atomic E-state index is 14.0. The minimum absolute atomic E-state index is 0.0216. The number of Topliss-reactive ketones (excluding diaryl/α,β-unsaturated/α-hetero) is 1. The molecule has 14 heteroatoms. The van der Waals surface area contributed by atoms with Gasteiger partial charge in [0, 0.05) is 32.4 Å². The lowest BCUT2D eigenvalue weighted by molar-refractivity contribution is 0.0975. The summed E-state index contributed by atoms with van der Waals surface area (Å²) in [6.07, 6.45) is 1.50. The van der Waals surface area contributed by atoms with E-state index in [0.717, 1.165) is 23.9 Å². The molecule has 2 atom stereocenters. The predicted molar refractivity (Wildman–Crippen MR) is 123 cm³/mol. The standard InChI is InChI=1S/C19H21BrF2N6O3S2/c1-27-9-13(25-18(27)20)33(30,31)28-7-5-10(6-8-28)24-19-26-17(23)16(32-19)15(29)14-11(21)3-2-4-12(14)22/h2-4,9-10,16-17H,5-8,23H2,1H3,(H,24,26). The van der Waals surface area contributed by atoms with Gasteiger partial charge in [-0.15, -0.1) is 0 Å². The molecular formula is C19H21BrF2N6O3S2. The number of nitrogens with two attached hydrogens (primary N) is 1. The van der Waals surface area contributed by atoms with E-state index in [9.17, 15) is 22.0 Å². The van der Waals surface area contributed by atoms with Gasteiger partial charge < -0.3 is 15.6 Å². The van der Waals surface area contributed by atoms with Crippen LogP contribution in [0.1, 0.15) is 23.2 Å². The lowest BCUT2D eigenvalue weighted by atomic mass is 10.1. The molecule has 1 aromatic carbocycles. The largest absolute Gasteiger partial charge is 0.362 e. The number of ketones is 1. The number of benzene rings is 1. The molecule has 2 aliphatic rings. The Morgan fingerprint density at radius 2 is 1.91 bits per heavy atom. The van der Waals surface area contributed by atoms with Crippen molar-refractivity contribution in [3.63, 3.8) is 0 Å². The number of aryl methyl sites for hydroxylation is 1. The lowest BCUT2D eigenvalue weighted by Crippen LogP contribution is -2.46. The lowest BCUT2D eigenvalue weighted by Gasteiger charge is -2.31. The number of rotatable bonds is 5. The van der Waals surface area contributed by atoms with E-state index in [2.05, 4.69) is 31.2 Å². The number of aromatic nitrogens is 2. The second-order valence-corrected chi connectivity index (χ2v) is 11.4. The molecule has 178 valence electrons. The molecule has 9 nitrogen and oxygen atoms in total. The topological polar surface area (TPSA) is 123 Å². The van der Waals surface area contributed by atoms with Crippen LogP contribution in [0, 0.1) is 11.6 Å². The highest BCUT2D eigenvalue weighted by atomic mass is 79.9. The number of carbonyl (C=O) groups is 1. The van der Waals surface area contributed by atoms with Gasteiger partial charge in [0.05, 0.1) is 5.56 Å². The summed E-state index contributed by atoms with van der Waals surface area (Å²) in [5.74, 6) is -2.64. The number of amidine groups is 1. The zero-order valence-corrected chi connectivity index (χ0v) is 20.6. The number of hydrogen-bond acceptors (Lipinski definition) is 8. The number of imidazole rings is 1. The van der Waals surface area contributed by atoms with Gasteiger partial charge in [0.1, 0.15) is 23.1 Å². The first-order valence-electron chi connectivity index (χ1n) is 10.0. The molecule has 33 heavy (non-hydrogen) atoms. The van der Waals surface area contributed by atoms with E-state index in [1.54, 1.807) is 11.6 Å². The van der Waals surface area contributed by atoms with Gasteiger partial charge in [0.25, 0.3) is 10.0 Å². The molecule has 2 aliphatic heterocycles. The van der Waals surface area contributed by atoms with Gasteiger partial charge in [-0.05, 0) is 40.9 Å². The Labute approximate surface area is 202 Å². The fraction of sp³-hybridized carbons (Fsp3) is 0.421. The van der Waals surface area contributed by atoms with Crippen LogP contribution < -0.4 is 11.1 Å². The number of piperidine rings is 1. The summed E-state index contributed by atoms with van der Waals surface area (Å²) < 4.78 is 57.0. The summed E-state index contributed by atoms with van der Waals surface area (Å²) in [6, 6.07) is 3.13. The van der Waals surface area contributed by atoms with E-state index >= 15 is 0 Å². The third kappa shape index (κ3) is 4.85. The first-order chi connectivity index (χ1) is 15.6. The van der Waals surface area contributed by atoms with Crippen molar-refractivity contribution in [3.8, 4) is 0 Å². The van der Waals surface area contributed by atoms with Crippen molar-refractivity contribution < 1.29 is 22.0 Å². The van der Waals surface area contributed by atoms with Crippen LogP contribution in [0.15, 0.2) is 39.1 Å². The average Bonchev–Trinajstić information content (AvgIpc) is 3.30. The molecule has 0 bridgehead atoms. The number of aliphatic imine (C=N–C) groups is 1. The Morgan fingerprint density at radius 1 is 1.27 bits per heavy atom. The molecule has 1 saturated heterocycles. The molecule has 0 amide bonds. The van der Waals surface area contributed by atoms with Crippen LogP contribution in [-0.2, 0) is 17.1 Å². The highest BCUT2D eigenvalue weighted by molar-refractivity contribution is 9.10. The second kappa shape index (κ2) is 9.41. The van der Waals surface area contributed by atoms with Gasteiger partial charge in [-0.3, -0.25) is 4.79 Å². The van der Waals surface area contributed by atoms with Crippen molar-refractivity contribution >= 4 is 48.7 Å². The summed E-state index contributed by atoms with van der Waals surface area (Å²) in [7, 11) is -2.02. The Morgan fingerprint density at radius 3 is 2.48 bits per heavy atom. The Balaban J connectivity index is 1.36. The SMILES string of the molecule is Cn1cc(S(=O)(=O)N2CCC(NC3=NC(N)C(C(=O)c4c(F)cccc4F)S3)CC2)nc1Br. The van der Waals surface area contributed by atoms with Crippen LogP contribution >= 0.6 is 27.7 Å². The molecule has 0 radical (unpaired) electrons. The number of carbonyl (C=O) groups excluding carboxylic acids is 1. The molecule has 4 rings (SSSR count). The van der Waals surface area contributed by atoms with E-state index in [1.807, 2.05) is 0 Å². The number of hydrogen-bond donors (Lipinski definition) is 2. The monoisotopic (exact) mass is 562 g/mol. The minimum atomic E-state index is -3.71. The number of thioether (sulfide) groups is 1. The van der Waals surface area contributed by atoms with Gasteiger partial charge in [0.15, 0.2) is 20.7 Å². The molecule has 0 spiro atoms. The molecule has 0 saturated carbocycles. The number of sulfonamides is 1. The molecule has 3 N–H and O–H groups in total. The normalized spacial score (nSPS) is 22.4. The van der Waals surface area contributed by atoms with E-state index in [4.69, 9.17) is 5.73 Å². The quantitative estimate of drug-likeness (QED) is 0.533. The highest BCUT2D eigenvalue weighted by Gasteiger charge is 2.38. The van der Waals surface area contributed by atoms with Crippen LogP contribution in [0.4, 0.5) is 8.78 Å². The Hall–Kier alpha value is -1.87. The summed E-state index contributed by atoms with van der Waals surface area (Å²) >= 11 is 4.22. The number of nitrogens with one attached hydrogen (secondary N) is 1. The van der Waals surface area contributed by atoms with Crippen LogP contribution in [0.2, 0.25) is 0 Å². The summed E-state index contributed by atoms with van der Waals surface area (Å²) in [5.41, 5.74) is 5.33. The third-order valence-electron chi connectivity index (χ3n) is 5.47. The summed E-state index contributed by atoms with van der Waals surface area (Å²) in [4.78, 5) is 21.0. The summed E-state index contributed by atoms with van der Waals surface area (Å²) in [5, 5.41) is 2.60. The summed E-state index contributed by atoms with van der Waals surface area (Å²) in [6.45, 7) is 0.558. The Kier molecular flexibility index (Phi) is 6.92. The first kappa shape index (κ1) is 24.3. The first-order valence-corrected chi connectivity index (χ1v) is 13.1. The van der Waals surface area contributed by atoms with E-state index in [0.29, 0.717) is 22.7 Å². The molecule has 2 unspecified atom stereocenters. The highest BCUT2D eigenvalue weighted by Crippen LogP contribution is 2.30. The molecule has 1 fully saturated rings. The van der Waals surface area contributed by atoms with Gasteiger partial charge >= 0.3 is 0 Å². The van der Waals surface area contributed by atoms with Crippen molar-refractivity contribution in [3.05, 3.63) is 46.3 Å². The van der Waals surface area contributed by atoms with Gasteiger partial charge in [0.2, 0.25) is 0 Å². The maximum Gasteiger partial charge on any atom is 0.262 e. The molecule has 0 aliphatic carbocycles. The fourth-order valence-electron chi connectivity index (χ4n) is 3.67. The minimum Gasteiger partial charge on any atom is -0.362 e. The van der Waals surface area contributed by atoms with Crippen LogP contribution in [0.5, 0.6) is 0 Å². The molecular weight excluding hydrogens is 542 g/mol. The third-order valence-corrected chi connectivity index (χ3v) is 9.17.